The molecule has 2 aromatic heterocycles. The molecule has 0 radical (unpaired) electrons. The third kappa shape index (κ3) is 17.8. The van der Waals surface area contributed by atoms with E-state index in [0.717, 1.165) is 41.8 Å². The summed E-state index contributed by atoms with van der Waals surface area (Å²) in [6.07, 6.45) is 7.70. The number of nitrogens with zero attached hydrogens (tertiary/aromatic N) is 4. The Hall–Kier alpha value is -3.22. The summed E-state index contributed by atoms with van der Waals surface area (Å²) in [6, 6.07) is 0. The van der Waals surface area contributed by atoms with Gasteiger partial charge in [-0.3, -0.25) is 32.5 Å². The van der Waals surface area contributed by atoms with Crippen molar-refractivity contribution in [3.63, 3.8) is 0 Å². The second-order valence-corrected chi connectivity index (χ2v) is 19.2. The predicted molar refractivity (Wildman–Crippen MR) is 219 cm³/mol. The molecule has 28 heteroatoms. The second kappa shape index (κ2) is 24.0. The fourth-order valence-corrected chi connectivity index (χ4v) is 8.74. The molecule has 24 nitrogen and oxygen atoms in total. The van der Waals surface area contributed by atoms with Crippen molar-refractivity contribution in [3.05, 3.63) is 49.1 Å². The second-order valence-electron chi connectivity index (χ2n) is 13.9. The largest absolute Gasteiger partial charge is 0.481 e. The van der Waals surface area contributed by atoms with Crippen molar-refractivity contribution in [2.24, 2.45) is 5.41 Å². The minimum atomic E-state index is -5.58. The molecule has 1 aliphatic heterocycles. The maximum absolute atomic E-state index is 12.7. The highest BCUT2D eigenvalue weighted by Crippen LogP contribution is 2.61. The van der Waals surface area contributed by atoms with E-state index < -0.39 is 84.6 Å². The summed E-state index contributed by atoms with van der Waals surface area (Å²) in [5.74, 6) is -1.11. The molecule has 2 amide bonds. The Morgan fingerprint density at radius 2 is 1.66 bits per heavy atom. The van der Waals surface area contributed by atoms with Gasteiger partial charge in [0.1, 0.15) is 36.3 Å². The summed E-state index contributed by atoms with van der Waals surface area (Å²) in [5.41, 5.74) is 4.26. The van der Waals surface area contributed by atoms with E-state index in [1.165, 1.54) is 13.8 Å². The van der Waals surface area contributed by atoms with Crippen molar-refractivity contribution in [2.45, 2.75) is 83.5 Å². The van der Waals surface area contributed by atoms with Crippen molar-refractivity contribution >= 4 is 69.1 Å². The molecule has 0 spiro atoms. The number of allylic oxidation sites excluding steroid dienone is 6. The standard InChI is InChI=1S/C33H52N7O17P3S/c1-4-5-6-7-8-9-10-11-12-13-24(42)61-17-16-35-23(41)14-15-36-31(45)28(44)33(2,3)19-54-60(51,52)57-59(49,50)53-18-22-27(56-58(46,47)48)26(43)32(55-22)40-21-39-25-29(34)37-20-38-30(25)40/h6-11,20-22,26-28,32,43-44H,4-5,12-19H2,1-3H3,(H,35,41)(H,36,45)(H,49,50)(H,51,52)(H2,34,37,38)(H2,46,47,48)/b7-6+,9-8+,11-10+. The van der Waals surface area contributed by atoms with Crippen LogP contribution in [0.15, 0.2) is 49.1 Å². The smallest absolute Gasteiger partial charge is 0.386 e. The molecule has 0 aromatic carbocycles. The molecule has 2 aromatic rings. The zero-order chi connectivity index (χ0) is 45.4. The zero-order valence-corrected chi connectivity index (χ0v) is 36.9. The Labute approximate surface area is 354 Å². The van der Waals surface area contributed by atoms with Crippen LogP contribution >= 0.6 is 35.2 Å². The van der Waals surface area contributed by atoms with Crippen molar-refractivity contribution in [2.75, 3.05) is 37.8 Å². The first-order chi connectivity index (χ1) is 28.6. The van der Waals surface area contributed by atoms with Gasteiger partial charge in [0.25, 0.3) is 0 Å². The summed E-state index contributed by atoms with van der Waals surface area (Å²) in [7, 11) is -16.4. The Morgan fingerprint density at radius 3 is 2.33 bits per heavy atom. The van der Waals surface area contributed by atoms with Crippen LogP contribution in [0.2, 0.25) is 0 Å². The maximum atomic E-state index is 12.7. The molecule has 342 valence electrons. The minimum absolute atomic E-state index is 0.0253. The van der Waals surface area contributed by atoms with Gasteiger partial charge in [0.05, 0.1) is 19.5 Å². The number of carbonyl (C=O) groups excluding carboxylic acids is 3. The third-order valence-electron chi connectivity index (χ3n) is 8.34. The van der Waals surface area contributed by atoms with Crippen LogP contribution in [0.3, 0.4) is 0 Å². The van der Waals surface area contributed by atoms with Crippen LogP contribution in [-0.4, -0.2) is 123 Å². The average Bonchev–Trinajstić information content (AvgIpc) is 3.73. The molecule has 7 unspecified atom stereocenters. The van der Waals surface area contributed by atoms with Crippen LogP contribution in [0, 0.1) is 5.41 Å². The van der Waals surface area contributed by atoms with Gasteiger partial charge in [-0.2, -0.15) is 4.31 Å². The first-order valence-corrected chi connectivity index (χ1v) is 24.1. The maximum Gasteiger partial charge on any atom is 0.481 e. The topological polar surface area (TPSA) is 364 Å². The molecule has 0 bridgehead atoms. The molecule has 1 aliphatic rings. The predicted octanol–water partition coefficient (Wildman–Crippen LogP) is 1.91. The Balaban J connectivity index is 1.41. The lowest BCUT2D eigenvalue weighted by molar-refractivity contribution is -0.137. The van der Waals surface area contributed by atoms with Crippen LogP contribution in [-0.2, 0) is 50.7 Å². The number of fused-ring (bicyclic) bond motifs is 1. The molecular formula is C33H52N7O17P3S. The number of aliphatic hydroxyl groups is 2. The van der Waals surface area contributed by atoms with E-state index in [9.17, 15) is 57.9 Å². The number of hydrogen-bond acceptors (Lipinski definition) is 18. The van der Waals surface area contributed by atoms with Crippen molar-refractivity contribution in [1.29, 1.82) is 0 Å². The number of aliphatic hydroxyl groups excluding tert-OH is 2. The van der Waals surface area contributed by atoms with Crippen LogP contribution in [0.4, 0.5) is 5.82 Å². The van der Waals surface area contributed by atoms with E-state index in [4.69, 9.17) is 19.5 Å². The first kappa shape index (κ1) is 52.1. The number of hydrogen-bond donors (Lipinski definition) is 9. The number of ether oxygens (including phenoxy) is 1. The minimum Gasteiger partial charge on any atom is -0.386 e. The van der Waals surface area contributed by atoms with Gasteiger partial charge in [-0.25, -0.2) is 28.6 Å². The molecule has 61 heavy (non-hydrogen) atoms. The Bertz CT molecular complexity index is 2030. The van der Waals surface area contributed by atoms with Crippen molar-refractivity contribution in [1.82, 2.24) is 30.2 Å². The van der Waals surface area contributed by atoms with Gasteiger partial charge in [-0.05, 0) is 12.8 Å². The molecule has 3 rings (SSSR count). The number of anilines is 1. The fourth-order valence-electron chi connectivity index (χ4n) is 5.21. The monoisotopic (exact) mass is 943 g/mol. The van der Waals surface area contributed by atoms with Gasteiger partial charge in [0.2, 0.25) is 11.8 Å². The van der Waals surface area contributed by atoms with E-state index in [1.54, 1.807) is 0 Å². The Kier molecular flexibility index (Phi) is 20.5. The molecule has 7 atom stereocenters. The average molecular weight is 944 g/mol. The SMILES string of the molecule is CCC/C=C/C=C/C=C/CCC(=O)SCCNC(=O)CCNC(=O)C(O)C(C)(C)COP(=O)(O)OP(=O)(O)OCC1OC(n2cnc3c(N)ncnc32)C(O)C1OP(=O)(O)O. The number of rotatable bonds is 26. The van der Waals surface area contributed by atoms with Crippen LogP contribution < -0.4 is 16.4 Å². The van der Waals surface area contributed by atoms with Crippen molar-refractivity contribution in [3.8, 4) is 0 Å². The first-order valence-electron chi connectivity index (χ1n) is 18.6. The highest BCUT2D eigenvalue weighted by atomic mass is 32.2. The van der Waals surface area contributed by atoms with Crippen LogP contribution in [0.25, 0.3) is 11.2 Å². The summed E-state index contributed by atoms with van der Waals surface area (Å²) >= 11 is 1.08. The van der Waals surface area contributed by atoms with Crippen LogP contribution in [0.1, 0.15) is 59.1 Å². The lowest BCUT2D eigenvalue weighted by atomic mass is 9.87. The van der Waals surface area contributed by atoms with Gasteiger partial charge < -0.3 is 50.9 Å². The van der Waals surface area contributed by atoms with Gasteiger partial charge in [0, 0.05) is 37.1 Å². The lowest BCUT2D eigenvalue weighted by Gasteiger charge is -2.30. The highest BCUT2D eigenvalue weighted by Gasteiger charge is 2.50. The number of imidazole rings is 1. The van der Waals surface area contributed by atoms with E-state index in [0.29, 0.717) is 18.6 Å². The molecule has 10 N–H and O–H groups in total. The normalized spacial score (nSPS) is 21.3. The number of phosphoric ester groups is 3. The number of unbranched alkanes of at least 4 members (excludes halogenated alkanes) is 1. The van der Waals surface area contributed by atoms with E-state index in [2.05, 4.69) is 47.4 Å². The lowest BCUT2D eigenvalue weighted by Crippen LogP contribution is -2.46. The van der Waals surface area contributed by atoms with E-state index in [-0.39, 0.29) is 41.6 Å². The quantitative estimate of drug-likeness (QED) is 0.0369. The highest BCUT2D eigenvalue weighted by molar-refractivity contribution is 8.13. The van der Waals surface area contributed by atoms with Crippen LogP contribution in [0.5, 0.6) is 0 Å². The molecule has 0 saturated carbocycles. The van der Waals surface area contributed by atoms with Gasteiger partial charge in [-0.15, -0.1) is 0 Å². The molecule has 1 fully saturated rings. The fraction of sp³-hybridized carbons (Fsp3) is 0.576. The third-order valence-corrected chi connectivity index (χ3v) is 12.4. The van der Waals surface area contributed by atoms with E-state index >= 15 is 0 Å². The number of amides is 2. The number of nitrogen functional groups attached to an aromatic ring is 1. The summed E-state index contributed by atoms with van der Waals surface area (Å²) in [6.45, 7) is 2.59. The summed E-state index contributed by atoms with van der Waals surface area (Å²) in [5, 5.41) is 26.4. The number of phosphoric acid groups is 3. The number of nitrogens with two attached hydrogens (primary N) is 1. The van der Waals surface area contributed by atoms with Gasteiger partial charge >= 0.3 is 23.5 Å². The number of carbonyl (C=O) groups is 3. The number of thioether (sulfide) groups is 1. The number of nitrogens with one attached hydrogen (secondary N) is 2. The molecule has 1 saturated heterocycles. The van der Waals surface area contributed by atoms with Crippen molar-refractivity contribution < 1.29 is 80.5 Å². The van der Waals surface area contributed by atoms with Gasteiger partial charge in [-0.1, -0.05) is 75.4 Å². The number of aromatic nitrogens is 4. The molecular weight excluding hydrogens is 891 g/mol. The Morgan fingerprint density at radius 1 is 0.984 bits per heavy atom. The summed E-state index contributed by atoms with van der Waals surface area (Å²) in [4.78, 5) is 87.9. The molecule has 3 heterocycles. The zero-order valence-electron chi connectivity index (χ0n) is 33.4. The summed E-state index contributed by atoms with van der Waals surface area (Å²) < 4.78 is 62.2. The van der Waals surface area contributed by atoms with Gasteiger partial charge in [0.15, 0.2) is 22.8 Å². The molecule has 0 aliphatic carbocycles. The van der Waals surface area contributed by atoms with E-state index in [1.807, 2.05) is 30.4 Å².